The van der Waals surface area contributed by atoms with Crippen LogP contribution in [0.1, 0.15) is 25.5 Å². The predicted octanol–water partition coefficient (Wildman–Crippen LogP) is 1.98. The molecule has 0 spiro atoms. The summed E-state index contributed by atoms with van der Waals surface area (Å²) in [5, 5.41) is 3.48. The zero-order valence-corrected chi connectivity index (χ0v) is 13.8. The number of rotatable bonds is 6. The smallest absolute Gasteiger partial charge is 0.118 e. The van der Waals surface area contributed by atoms with Crippen LogP contribution >= 0.6 is 0 Å². The normalized spacial score (nSPS) is 20.2. The van der Waals surface area contributed by atoms with E-state index in [2.05, 4.69) is 41.1 Å². The highest BCUT2D eigenvalue weighted by molar-refractivity contribution is 5.29. The highest BCUT2D eigenvalue weighted by Crippen LogP contribution is 2.23. The third-order valence-corrected chi connectivity index (χ3v) is 4.70. The minimum absolute atomic E-state index is 0.351. The lowest BCUT2D eigenvalue weighted by atomic mass is 9.98. The molecular formula is C17H29N3O. The minimum atomic E-state index is 0.351. The van der Waals surface area contributed by atoms with Gasteiger partial charge in [-0.1, -0.05) is 19.1 Å². The molecule has 0 radical (unpaired) electrons. The van der Waals surface area contributed by atoms with Crippen molar-refractivity contribution in [2.24, 2.45) is 0 Å². The fourth-order valence-electron chi connectivity index (χ4n) is 3.20. The van der Waals surface area contributed by atoms with Gasteiger partial charge in [0, 0.05) is 38.3 Å². The summed E-state index contributed by atoms with van der Waals surface area (Å²) in [4.78, 5) is 5.11. The highest BCUT2D eigenvalue weighted by atomic mass is 16.5. The molecule has 0 aliphatic carbocycles. The fraction of sp³-hybridized carbons (Fsp3) is 0.647. The summed E-state index contributed by atoms with van der Waals surface area (Å²) in [5.74, 6) is 0.915. The molecule has 1 N–H and O–H groups in total. The quantitative estimate of drug-likeness (QED) is 0.867. The van der Waals surface area contributed by atoms with Crippen LogP contribution in [-0.2, 0) is 0 Å². The molecule has 1 aromatic carbocycles. The molecular weight excluding hydrogens is 262 g/mol. The van der Waals surface area contributed by atoms with Gasteiger partial charge in [0.1, 0.15) is 5.75 Å². The Hall–Kier alpha value is -1.10. The Balaban J connectivity index is 2.02. The first-order chi connectivity index (χ1) is 10.2. The Kier molecular flexibility index (Phi) is 6.03. The van der Waals surface area contributed by atoms with Crippen molar-refractivity contribution in [3.8, 4) is 5.75 Å². The molecule has 1 saturated heterocycles. The number of nitrogens with zero attached hydrogens (tertiary/aromatic N) is 2. The lowest BCUT2D eigenvalue weighted by molar-refractivity contribution is 0.0898. The molecule has 1 heterocycles. The Bertz CT molecular complexity index is 413. The van der Waals surface area contributed by atoms with Crippen molar-refractivity contribution in [1.82, 2.24) is 15.1 Å². The van der Waals surface area contributed by atoms with Crippen LogP contribution in [0.3, 0.4) is 0 Å². The summed E-state index contributed by atoms with van der Waals surface area (Å²) >= 11 is 0. The van der Waals surface area contributed by atoms with Gasteiger partial charge in [-0.15, -0.1) is 0 Å². The fourth-order valence-corrected chi connectivity index (χ4v) is 3.20. The van der Waals surface area contributed by atoms with E-state index in [1.165, 1.54) is 18.7 Å². The van der Waals surface area contributed by atoms with Crippen LogP contribution in [0.15, 0.2) is 24.3 Å². The monoisotopic (exact) mass is 291 g/mol. The first kappa shape index (κ1) is 16.3. The predicted molar refractivity (Wildman–Crippen MR) is 87.9 cm³/mol. The molecule has 0 aromatic heterocycles. The van der Waals surface area contributed by atoms with Crippen molar-refractivity contribution in [2.45, 2.75) is 25.9 Å². The molecule has 1 aliphatic rings. The molecule has 0 saturated carbocycles. The maximum absolute atomic E-state index is 5.25. The number of piperazine rings is 1. The van der Waals surface area contributed by atoms with E-state index >= 15 is 0 Å². The summed E-state index contributed by atoms with van der Waals surface area (Å²) in [5.41, 5.74) is 1.32. The highest BCUT2D eigenvalue weighted by Gasteiger charge is 2.26. The van der Waals surface area contributed by atoms with E-state index in [0.29, 0.717) is 12.1 Å². The van der Waals surface area contributed by atoms with Crippen LogP contribution in [0, 0.1) is 0 Å². The van der Waals surface area contributed by atoms with Gasteiger partial charge in [-0.25, -0.2) is 0 Å². The van der Waals surface area contributed by atoms with Gasteiger partial charge in [-0.2, -0.15) is 0 Å². The Labute approximate surface area is 129 Å². The molecule has 1 aliphatic heterocycles. The van der Waals surface area contributed by atoms with Crippen molar-refractivity contribution < 1.29 is 4.74 Å². The summed E-state index contributed by atoms with van der Waals surface area (Å²) in [6.07, 6.45) is 0. The van der Waals surface area contributed by atoms with E-state index < -0.39 is 0 Å². The molecule has 2 rings (SSSR count). The maximum Gasteiger partial charge on any atom is 0.118 e. The average molecular weight is 291 g/mol. The van der Waals surface area contributed by atoms with Crippen LogP contribution in [-0.4, -0.2) is 62.7 Å². The summed E-state index contributed by atoms with van der Waals surface area (Å²) in [6.45, 7) is 10.4. The number of benzene rings is 1. The molecule has 4 nitrogen and oxygen atoms in total. The average Bonchev–Trinajstić information content (AvgIpc) is 2.56. The summed E-state index contributed by atoms with van der Waals surface area (Å²) in [7, 11) is 3.76. The van der Waals surface area contributed by atoms with Gasteiger partial charge in [0.15, 0.2) is 0 Å². The van der Waals surface area contributed by atoms with Crippen LogP contribution in [0.4, 0.5) is 0 Å². The lowest BCUT2D eigenvalue weighted by Gasteiger charge is -2.40. The Morgan fingerprint density at radius 3 is 2.24 bits per heavy atom. The van der Waals surface area contributed by atoms with Crippen LogP contribution in [0.2, 0.25) is 0 Å². The first-order valence-electron chi connectivity index (χ1n) is 7.97. The van der Waals surface area contributed by atoms with Gasteiger partial charge >= 0.3 is 0 Å². The lowest BCUT2D eigenvalue weighted by Crippen LogP contribution is -2.52. The number of likely N-dealkylation sites (N-methyl/N-ethyl adjacent to an activating group) is 2. The van der Waals surface area contributed by atoms with Gasteiger partial charge < -0.3 is 15.0 Å². The second kappa shape index (κ2) is 7.78. The Morgan fingerprint density at radius 1 is 1.14 bits per heavy atom. The SMILES string of the molecule is CCN1CCN(C(C)C(NC)c2ccc(OC)cc2)CC1. The van der Waals surface area contributed by atoms with E-state index in [9.17, 15) is 0 Å². The van der Waals surface area contributed by atoms with Crippen molar-refractivity contribution in [2.75, 3.05) is 46.9 Å². The largest absolute Gasteiger partial charge is 0.497 e. The van der Waals surface area contributed by atoms with E-state index in [4.69, 9.17) is 4.74 Å². The van der Waals surface area contributed by atoms with Crippen LogP contribution < -0.4 is 10.1 Å². The van der Waals surface area contributed by atoms with Gasteiger partial charge in [0.25, 0.3) is 0 Å². The van der Waals surface area contributed by atoms with E-state index in [0.717, 1.165) is 25.4 Å². The first-order valence-corrected chi connectivity index (χ1v) is 7.97. The van der Waals surface area contributed by atoms with Gasteiger partial charge in [-0.05, 0) is 38.2 Å². The van der Waals surface area contributed by atoms with Gasteiger partial charge in [-0.3, -0.25) is 4.90 Å². The molecule has 1 fully saturated rings. The molecule has 118 valence electrons. The zero-order chi connectivity index (χ0) is 15.2. The topological polar surface area (TPSA) is 27.7 Å². The standard InChI is InChI=1S/C17H29N3O/c1-5-19-10-12-20(13-11-19)14(2)17(18-3)15-6-8-16(21-4)9-7-15/h6-9,14,17-18H,5,10-13H2,1-4H3. The molecule has 2 unspecified atom stereocenters. The zero-order valence-electron chi connectivity index (χ0n) is 13.8. The van der Waals surface area contributed by atoms with E-state index in [1.807, 2.05) is 19.2 Å². The van der Waals surface area contributed by atoms with Crippen LogP contribution in [0.25, 0.3) is 0 Å². The molecule has 0 bridgehead atoms. The second-order valence-electron chi connectivity index (χ2n) is 5.75. The van der Waals surface area contributed by atoms with Crippen molar-refractivity contribution >= 4 is 0 Å². The number of nitrogens with one attached hydrogen (secondary N) is 1. The second-order valence-corrected chi connectivity index (χ2v) is 5.75. The van der Waals surface area contributed by atoms with E-state index in [-0.39, 0.29) is 0 Å². The molecule has 21 heavy (non-hydrogen) atoms. The van der Waals surface area contributed by atoms with Gasteiger partial charge in [0.05, 0.1) is 7.11 Å². The van der Waals surface area contributed by atoms with Crippen molar-refractivity contribution in [1.29, 1.82) is 0 Å². The van der Waals surface area contributed by atoms with Crippen molar-refractivity contribution in [3.63, 3.8) is 0 Å². The number of methoxy groups -OCH3 is 1. The number of hydrogen-bond donors (Lipinski definition) is 1. The summed E-state index contributed by atoms with van der Waals surface area (Å²) < 4.78 is 5.25. The van der Waals surface area contributed by atoms with Crippen molar-refractivity contribution in [3.05, 3.63) is 29.8 Å². The Morgan fingerprint density at radius 2 is 1.76 bits per heavy atom. The molecule has 4 heteroatoms. The third kappa shape index (κ3) is 3.96. The maximum atomic E-state index is 5.25. The van der Waals surface area contributed by atoms with E-state index in [1.54, 1.807) is 7.11 Å². The molecule has 2 atom stereocenters. The number of ether oxygens (including phenoxy) is 1. The summed E-state index contributed by atoms with van der Waals surface area (Å²) in [6, 6.07) is 9.26. The number of hydrogen-bond acceptors (Lipinski definition) is 4. The minimum Gasteiger partial charge on any atom is -0.497 e. The van der Waals surface area contributed by atoms with Crippen LogP contribution in [0.5, 0.6) is 5.75 Å². The molecule has 0 amide bonds. The van der Waals surface area contributed by atoms with Gasteiger partial charge in [0.2, 0.25) is 0 Å². The third-order valence-electron chi connectivity index (χ3n) is 4.70. The molecule has 1 aromatic rings.